The Bertz CT molecular complexity index is 1140. The van der Waals surface area contributed by atoms with Gasteiger partial charge in [-0.05, 0) is 23.3 Å². The Hall–Kier alpha value is -2.89. The first-order valence-electron chi connectivity index (χ1n) is 8.17. The minimum Gasteiger partial charge on any atom is -0.465 e. The van der Waals surface area contributed by atoms with E-state index in [1.807, 2.05) is 54.6 Å². The van der Waals surface area contributed by atoms with Gasteiger partial charge in [-0.3, -0.25) is 4.79 Å². The molecule has 2 aromatic carbocycles. The molecule has 0 unspecified atom stereocenters. The second-order valence-electron chi connectivity index (χ2n) is 5.91. The number of aromatic nitrogens is 1. The predicted octanol–water partition coefficient (Wildman–Crippen LogP) is 5.82. The highest BCUT2D eigenvalue weighted by Crippen LogP contribution is 2.44. The van der Waals surface area contributed by atoms with Gasteiger partial charge in [-0.15, -0.1) is 11.3 Å². The number of aldehydes is 1. The first-order valence-corrected chi connectivity index (χ1v) is 9.36. The number of benzene rings is 2. The minimum atomic E-state index is -0.515. The Morgan fingerprint density at radius 2 is 1.78 bits per heavy atom. The second-order valence-corrected chi connectivity index (χ2v) is 7.36. The van der Waals surface area contributed by atoms with E-state index in [4.69, 9.17) is 16.3 Å². The van der Waals surface area contributed by atoms with Crippen LogP contribution in [0.4, 0.5) is 0 Å². The Morgan fingerprint density at radius 1 is 1.07 bits per heavy atom. The van der Waals surface area contributed by atoms with Crippen LogP contribution in [0.2, 0.25) is 5.02 Å². The van der Waals surface area contributed by atoms with Crippen molar-refractivity contribution in [3.05, 3.63) is 70.1 Å². The van der Waals surface area contributed by atoms with Crippen molar-refractivity contribution in [3.8, 4) is 22.4 Å². The van der Waals surface area contributed by atoms with Crippen molar-refractivity contribution in [1.29, 1.82) is 0 Å². The molecular formula is C21H14ClNO3S. The second kappa shape index (κ2) is 7.02. The summed E-state index contributed by atoms with van der Waals surface area (Å²) in [6, 6.07) is 17.3. The van der Waals surface area contributed by atoms with Gasteiger partial charge < -0.3 is 9.72 Å². The van der Waals surface area contributed by atoms with Crippen molar-refractivity contribution in [2.24, 2.45) is 0 Å². The van der Waals surface area contributed by atoms with Crippen LogP contribution in [-0.2, 0) is 4.74 Å². The molecule has 27 heavy (non-hydrogen) atoms. The molecule has 134 valence electrons. The molecule has 2 aromatic heterocycles. The van der Waals surface area contributed by atoms with E-state index in [-0.39, 0.29) is 0 Å². The Morgan fingerprint density at radius 3 is 2.41 bits per heavy atom. The molecule has 0 radical (unpaired) electrons. The fraction of sp³-hybridized carbons (Fsp3) is 0.0476. The molecule has 0 amide bonds. The van der Waals surface area contributed by atoms with Crippen LogP contribution in [0.5, 0.6) is 0 Å². The van der Waals surface area contributed by atoms with Crippen LogP contribution in [-0.4, -0.2) is 24.3 Å². The van der Waals surface area contributed by atoms with E-state index in [1.54, 1.807) is 0 Å². The summed E-state index contributed by atoms with van der Waals surface area (Å²) in [6.45, 7) is 0. The molecule has 4 nitrogen and oxygen atoms in total. The van der Waals surface area contributed by atoms with Gasteiger partial charge in [0.2, 0.25) is 0 Å². The maximum absolute atomic E-state index is 12.1. The average Bonchev–Trinajstić information content (AvgIpc) is 3.24. The number of rotatable bonds is 4. The van der Waals surface area contributed by atoms with Crippen LogP contribution in [0.1, 0.15) is 20.0 Å². The molecule has 0 fully saturated rings. The molecule has 0 saturated heterocycles. The number of carbonyl (C=O) groups excluding carboxylic acids is 2. The van der Waals surface area contributed by atoms with E-state index in [1.165, 1.54) is 18.4 Å². The molecular weight excluding hydrogens is 382 g/mol. The molecule has 0 aliphatic carbocycles. The lowest BCUT2D eigenvalue weighted by atomic mass is 10.0. The van der Waals surface area contributed by atoms with Gasteiger partial charge in [-0.25, -0.2) is 4.79 Å². The fourth-order valence-corrected chi connectivity index (χ4v) is 4.46. The van der Waals surface area contributed by atoms with Gasteiger partial charge in [0.1, 0.15) is 4.88 Å². The molecule has 0 aliphatic heterocycles. The number of esters is 1. The van der Waals surface area contributed by atoms with Crippen LogP contribution < -0.4 is 0 Å². The van der Waals surface area contributed by atoms with E-state index in [2.05, 4.69) is 4.98 Å². The molecule has 0 spiro atoms. The highest BCUT2D eigenvalue weighted by molar-refractivity contribution is 7.21. The molecule has 4 aromatic rings. The summed E-state index contributed by atoms with van der Waals surface area (Å²) in [6.07, 6.45) is 0.696. The largest absolute Gasteiger partial charge is 0.465 e. The summed E-state index contributed by atoms with van der Waals surface area (Å²) in [4.78, 5) is 27.5. The molecule has 6 heteroatoms. The Labute approximate surface area is 164 Å². The van der Waals surface area contributed by atoms with Crippen molar-refractivity contribution in [2.75, 3.05) is 7.11 Å². The highest BCUT2D eigenvalue weighted by Gasteiger charge is 2.25. The lowest BCUT2D eigenvalue weighted by molar-refractivity contribution is 0.0604. The zero-order valence-electron chi connectivity index (χ0n) is 14.3. The number of ether oxygens (including phenoxy) is 1. The van der Waals surface area contributed by atoms with Gasteiger partial charge in [0.15, 0.2) is 6.29 Å². The summed E-state index contributed by atoms with van der Waals surface area (Å²) < 4.78 is 5.68. The lowest BCUT2D eigenvalue weighted by Gasteiger charge is -2.06. The highest BCUT2D eigenvalue weighted by atomic mass is 35.5. The summed E-state index contributed by atoms with van der Waals surface area (Å²) in [5.41, 5.74) is 4.70. The van der Waals surface area contributed by atoms with Crippen molar-refractivity contribution in [1.82, 2.24) is 4.98 Å². The quantitative estimate of drug-likeness (QED) is 0.350. The smallest absolute Gasteiger partial charge is 0.348 e. The number of halogens is 1. The number of fused-ring (bicyclic) bond motifs is 1. The SMILES string of the molecule is COC(=O)c1sc2c(-c3ccccc3)c(-c3ccc(Cl)cc3)[nH]c2c1C=O. The molecule has 0 aliphatic rings. The number of H-pyrrole nitrogens is 1. The minimum absolute atomic E-state index is 0.300. The zero-order chi connectivity index (χ0) is 19.0. The number of nitrogens with one attached hydrogen (secondary N) is 1. The molecule has 0 saturated carbocycles. The number of hydrogen-bond acceptors (Lipinski definition) is 4. The Kier molecular flexibility index (Phi) is 4.56. The normalized spacial score (nSPS) is 10.9. The van der Waals surface area contributed by atoms with Gasteiger partial charge in [0.25, 0.3) is 0 Å². The standard InChI is InChI=1S/C21H14ClNO3S/c1-26-21(25)19-15(11-24)18-20(27-19)16(12-5-3-2-4-6-12)17(23-18)13-7-9-14(22)10-8-13/h2-11,23H,1H3. The van der Waals surface area contributed by atoms with E-state index < -0.39 is 5.97 Å². The summed E-state index contributed by atoms with van der Waals surface area (Å²) in [5, 5.41) is 0.648. The summed E-state index contributed by atoms with van der Waals surface area (Å²) in [5.74, 6) is -0.515. The molecule has 2 heterocycles. The number of aromatic amines is 1. The third kappa shape index (κ3) is 2.95. The van der Waals surface area contributed by atoms with Crippen LogP contribution in [0.15, 0.2) is 54.6 Å². The third-order valence-corrected chi connectivity index (χ3v) is 5.81. The van der Waals surface area contributed by atoms with E-state index in [9.17, 15) is 9.59 Å². The van der Waals surface area contributed by atoms with E-state index >= 15 is 0 Å². The van der Waals surface area contributed by atoms with Gasteiger partial charge >= 0.3 is 5.97 Å². The predicted molar refractivity (Wildman–Crippen MR) is 109 cm³/mol. The van der Waals surface area contributed by atoms with Gasteiger partial charge in [0, 0.05) is 10.6 Å². The van der Waals surface area contributed by atoms with E-state index in [0.29, 0.717) is 27.3 Å². The van der Waals surface area contributed by atoms with Gasteiger partial charge in [0.05, 0.1) is 28.6 Å². The number of hydrogen-bond donors (Lipinski definition) is 1. The molecule has 4 rings (SSSR count). The number of carbonyl (C=O) groups is 2. The Balaban J connectivity index is 2.06. The lowest BCUT2D eigenvalue weighted by Crippen LogP contribution is -2.01. The van der Waals surface area contributed by atoms with E-state index in [0.717, 1.165) is 27.1 Å². The molecule has 0 atom stereocenters. The van der Waals surface area contributed by atoms with Crippen LogP contribution in [0.3, 0.4) is 0 Å². The van der Waals surface area contributed by atoms with Crippen LogP contribution in [0, 0.1) is 0 Å². The van der Waals surface area contributed by atoms with Crippen molar-refractivity contribution >= 4 is 45.4 Å². The van der Waals surface area contributed by atoms with Crippen molar-refractivity contribution in [2.45, 2.75) is 0 Å². The molecule has 1 N–H and O–H groups in total. The van der Waals surface area contributed by atoms with Crippen molar-refractivity contribution < 1.29 is 14.3 Å². The third-order valence-electron chi connectivity index (χ3n) is 4.36. The van der Waals surface area contributed by atoms with Crippen LogP contribution in [0.25, 0.3) is 32.6 Å². The van der Waals surface area contributed by atoms with Gasteiger partial charge in [-0.1, -0.05) is 54.1 Å². The summed E-state index contributed by atoms with van der Waals surface area (Å²) in [7, 11) is 1.31. The number of methoxy groups -OCH3 is 1. The van der Waals surface area contributed by atoms with Crippen molar-refractivity contribution in [3.63, 3.8) is 0 Å². The van der Waals surface area contributed by atoms with Crippen LogP contribution >= 0.6 is 22.9 Å². The topological polar surface area (TPSA) is 59.2 Å². The maximum Gasteiger partial charge on any atom is 0.348 e. The zero-order valence-corrected chi connectivity index (χ0v) is 15.9. The first-order chi connectivity index (χ1) is 13.1. The summed E-state index contributed by atoms with van der Waals surface area (Å²) >= 11 is 7.29. The first kappa shape index (κ1) is 17.5. The maximum atomic E-state index is 12.1. The van der Waals surface area contributed by atoms with Gasteiger partial charge in [-0.2, -0.15) is 0 Å². The number of thiophene rings is 1. The fourth-order valence-electron chi connectivity index (χ4n) is 3.12. The monoisotopic (exact) mass is 395 g/mol. The molecule has 0 bridgehead atoms. The average molecular weight is 396 g/mol.